The van der Waals surface area contributed by atoms with Crippen LogP contribution in [0.2, 0.25) is 0 Å². The first-order chi connectivity index (χ1) is 10.1. The molecule has 0 aliphatic heterocycles. The second-order valence-corrected chi connectivity index (χ2v) is 4.70. The fourth-order valence-electron chi connectivity index (χ4n) is 1.80. The number of anilines is 1. The van der Waals surface area contributed by atoms with Gasteiger partial charge >= 0.3 is 6.03 Å². The van der Waals surface area contributed by atoms with Crippen LogP contribution in [-0.2, 0) is 9.47 Å². The molecule has 0 heterocycles. The van der Waals surface area contributed by atoms with E-state index in [0.29, 0.717) is 32.0 Å². The Morgan fingerprint density at radius 1 is 1.29 bits per heavy atom. The number of aliphatic hydroxyl groups excluding tert-OH is 1. The summed E-state index contributed by atoms with van der Waals surface area (Å²) < 4.78 is 10.0. The number of urea groups is 1. The summed E-state index contributed by atoms with van der Waals surface area (Å²) in [7, 11) is 3.19. The summed E-state index contributed by atoms with van der Waals surface area (Å²) in [4.78, 5) is 13.9. The Morgan fingerprint density at radius 3 is 2.43 bits per heavy atom. The molecule has 0 aliphatic carbocycles. The standard InChI is InChI=1S/C15H24N2O4/c1-12(18)13-5-4-6-14(11-13)16-15(19)17(7-9-20-2)8-10-21-3/h4-6,11-12,18H,7-10H2,1-3H3,(H,16,19). The van der Waals surface area contributed by atoms with E-state index < -0.39 is 6.10 Å². The molecular formula is C15H24N2O4. The van der Waals surface area contributed by atoms with Gasteiger partial charge in [-0.25, -0.2) is 4.79 Å². The van der Waals surface area contributed by atoms with E-state index in [1.54, 1.807) is 44.2 Å². The van der Waals surface area contributed by atoms with Crippen LogP contribution in [0.15, 0.2) is 24.3 Å². The van der Waals surface area contributed by atoms with Crippen molar-refractivity contribution in [2.24, 2.45) is 0 Å². The molecule has 0 fully saturated rings. The van der Waals surface area contributed by atoms with Gasteiger partial charge in [0.2, 0.25) is 0 Å². The van der Waals surface area contributed by atoms with Crippen molar-refractivity contribution in [3.05, 3.63) is 29.8 Å². The Morgan fingerprint density at radius 2 is 1.90 bits per heavy atom. The molecule has 1 rings (SSSR count). The van der Waals surface area contributed by atoms with E-state index in [0.717, 1.165) is 5.56 Å². The lowest BCUT2D eigenvalue weighted by molar-refractivity contribution is 0.127. The number of hydrogen-bond donors (Lipinski definition) is 2. The zero-order valence-electron chi connectivity index (χ0n) is 12.8. The predicted octanol–water partition coefficient (Wildman–Crippen LogP) is 1.87. The van der Waals surface area contributed by atoms with Gasteiger partial charge in [0.1, 0.15) is 0 Å². The summed E-state index contributed by atoms with van der Waals surface area (Å²) in [6.45, 7) is 3.59. The third-order valence-corrected chi connectivity index (χ3v) is 3.04. The highest BCUT2D eigenvalue weighted by atomic mass is 16.5. The highest BCUT2D eigenvalue weighted by Gasteiger charge is 2.13. The zero-order chi connectivity index (χ0) is 15.7. The van der Waals surface area contributed by atoms with Crippen molar-refractivity contribution in [2.75, 3.05) is 45.8 Å². The average molecular weight is 296 g/mol. The van der Waals surface area contributed by atoms with Crippen molar-refractivity contribution < 1.29 is 19.4 Å². The number of carbonyl (C=O) groups excluding carboxylic acids is 1. The first kappa shape index (κ1) is 17.4. The number of ether oxygens (including phenoxy) is 2. The van der Waals surface area contributed by atoms with Gasteiger partial charge in [0.15, 0.2) is 0 Å². The predicted molar refractivity (Wildman–Crippen MR) is 81.4 cm³/mol. The maximum Gasteiger partial charge on any atom is 0.321 e. The van der Waals surface area contributed by atoms with Gasteiger partial charge in [-0.1, -0.05) is 12.1 Å². The van der Waals surface area contributed by atoms with Crippen LogP contribution in [0.1, 0.15) is 18.6 Å². The molecule has 0 bridgehead atoms. The maximum atomic E-state index is 12.2. The van der Waals surface area contributed by atoms with Crippen LogP contribution >= 0.6 is 0 Å². The van der Waals surface area contributed by atoms with E-state index >= 15 is 0 Å². The lowest BCUT2D eigenvalue weighted by Gasteiger charge is -2.22. The Bertz CT molecular complexity index is 429. The molecule has 0 saturated carbocycles. The average Bonchev–Trinajstić information content (AvgIpc) is 2.47. The van der Waals surface area contributed by atoms with Gasteiger partial charge in [0.25, 0.3) is 0 Å². The number of aliphatic hydroxyl groups is 1. The number of amides is 2. The van der Waals surface area contributed by atoms with E-state index in [-0.39, 0.29) is 6.03 Å². The summed E-state index contributed by atoms with van der Waals surface area (Å²) in [5.41, 5.74) is 1.41. The molecule has 6 nitrogen and oxygen atoms in total. The van der Waals surface area contributed by atoms with Gasteiger partial charge in [-0.05, 0) is 24.6 Å². The van der Waals surface area contributed by atoms with Crippen molar-refractivity contribution in [1.82, 2.24) is 4.90 Å². The molecule has 0 radical (unpaired) electrons. The van der Waals surface area contributed by atoms with Crippen LogP contribution in [0, 0.1) is 0 Å². The van der Waals surface area contributed by atoms with Crippen molar-refractivity contribution in [3.63, 3.8) is 0 Å². The van der Waals surface area contributed by atoms with E-state index in [2.05, 4.69) is 5.32 Å². The van der Waals surface area contributed by atoms with Gasteiger partial charge < -0.3 is 24.8 Å². The second kappa shape index (κ2) is 9.33. The molecule has 1 aromatic carbocycles. The Labute approximate surface area is 125 Å². The minimum Gasteiger partial charge on any atom is -0.389 e. The molecule has 1 unspecified atom stereocenters. The van der Waals surface area contributed by atoms with Crippen molar-refractivity contribution in [1.29, 1.82) is 0 Å². The fraction of sp³-hybridized carbons (Fsp3) is 0.533. The molecule has 2 N–H and O–H groups in total. The quantitative estimate of drug-likeness (QED) is 0.768. The van der Waals surface area contributed by atoms with E-state index in [4.69, 9.17) is 9.47 Å². The molecule has 0 aliphatic rings. The minimum absolute atomic E-state index is 0.216. The molecule has 0 saturated heterocycles. The first-order valence-corrected chi connectivity index (χ1v) is 6.90. The van der Waals surface area contributed by atoms with Gasteiger partial charge in [-0.2, -0.15) is 0 Å². The maximum absolute atomic E-state index is 12.2. The number of methoxy groups -OCH3 is 2. The SMILES string of the molecule is COCCN(CCOC)C(=O)Nc1cccc(C(C)O)c1. The van der Waals surface area contributed by atoms with E-state index in [9.17, 15) is 9.90 Å². The summed E-state index contributed by atoms with van der Waals surface area (Å²) in [5, 5.41) is 12.4. The molecule has 118 valence electrons. The second-order valence-electron chi connectivity index (χ2n) is 4.70. The normalized spacial score (nSPS) is 12.0. The monoisotopic (exact) mass is 296 g/mol. The molecular weight excluding hydrogens is 272 g/mol. The first-order valence-electron chi connectivity index (χ1n) is 6.90. The number of carbonyl (C=O) groups is 1. The van der Waals surface area contributed by atoms with Gasteiger partial charge in [0.05, 0.1) is 19.3 Å². The van der Waals surface area contributed by atoms with E-state index in [1.165, 1.54) is 0 Å². The Hall–Kier alpha value is -1.63. The van der Waals surface area contributed by atoms with Crippen molar-refractivity contribution in [2.45, 2.75) is 13.0 Å². The number of rotatable bonds is 8. The highest BCUT2D eigenvalue weighted by Crippen LogP contribution is 2.17. The molecule has 1 atom stereocenters. The largest absolute Gasteiger partial charge is 0.389 e. The van der Waals surface area contributed by atoms with Crippen LogP contribution in [0.4, 0.5) is 10.5 Å². The zero-order valence-corrected chi connectivity index (χ0v) is 12.8. The molecule has 1 aromatic rings. The molecule has 21 heavy (non-hydrogen) atoms. The fourth-order valence-corrected chi connectivity index (χ4v) is 1.80. The van der Waals surface area contributed by atoms with E-state index in [1.807, 2.05) is 6.07 Å². The van der Waals surface area contributed by atoms with Gasteiger partial charge in [-0.15, -0.1) is 0 Å². The molecule has 6 heteroatoms. The van der Waals surface area contributed by atoms with Crippen molar-refractivity contribution in [3.8, 4) is 0 Å². The van der Waals surface area contributed by atoms with Gasteiger partial charge in [0, 0.05) is 33.0 Å². The molecule has 0 spiro atoms. The summed E-state index contributed by atoms with van der Waals surface area (Å²) in [6, 6.07) is 6.94. The Kier molecular flexibility index (Phi) is 7.74. The Balaban J connectivity index is 2.68. The van der Waals surface area contributed by atoms with Crippen LogP contribution in [0.5, 0.6) is 0 Å². The molecule has 2 amide bonds. The van der Waals surface area contributed by atoms with Crippen molar-refractivity contribution >= 4 is 11.7 Å². The van der Waals surface area contributed by atoms with Crippen LogP contribution in [0.25, 0.3) is 0 Å². The summed E-state index contributed by atoms with van der Waals surface area (Å²) in [5.74, 6) is 0. The summed E-state index contributed by atoms with van der Waals surface area (Å²) >= 11 is 0. The number of benzene rings is 1. The third kappa shape index (κ3) is 6.12. The van der Waals surface area contributed by atoms with Gasteiger partial charge in [-0.3, -0.25) is 0 Å². The van der Waals surface area contributed by atoms with Crippen LogP contribution in [0.3, 0.4) is 0 Å². The van der Waals surface area contributed by atoms with Crippen LogP contribution in [-0.4, -0.2) is 56.6 Å². The molecule has 0 aromatic heterocycles. The highest BCUT2D eigenvalue weighted by molar-refractivity contribution is 5.89. The minimum atomic E-state index is -0.570. The third-order valence-electron chi connectivity index (χ3n) is 3.04. The lowest BCUT2D eigenvalue weighted by Crippen LogP contribution is -2.39. The summed E-state index contributed by atoms with van der Waals surface area (Å²) in [6.07, 6.45) is -0.570. The lowest BCUT2D eigenvalue weighted by atomic mass is 10.1. The number of nitrogens with zero attached hydrogens (tertiary/aromatic N) is 1. The number of hydrogen-bond acceptors (Lipinski definition) is 4. The smallest absolute Gasteiger partial charge is 0.321 e. The van der Waals surface area contributed by atoms with Crippen LogP contribution < -0.4 is 5.32 Å². The topological polar surface area (TPSA) is 71.0 Å². The number of nitrogens with one attached hydrogen (secondary N) is 1.